The zero-order chi connectivity index (χ0) is 14.8. The largest absolute Gasteiger partial charge is 0.485 e. The van der Waals surface area contributed by atoms with Crippen LogP contribution in [0.2, 0.25) is 10.0 Å². The van der Waals surface area contributed by atoms with Crippen LogP contribution in [-0.2, 0) is 0 Å². The molecule has 0 radical (unpaired) electrons. The van der Waals surface area contributed by atoms with E-state index in [1.165, 1.54) is 0 Å². The molecular weight excluding hydrogens is 315 g/mol. The molecule has 4 nitrogen and oxygen atoms in total. The molecular formula is C15H10Cl2O4. The molecule has 0 fully saturated rings. The van der Waals surface area contributed by atoms with Crippen molar-refractivity contribution in [2.45, 2.75) is 0 Å². The first-order valence-electron chi connectivity index (χ1n) is 6.13. The predicted molar refractivity (Wildman–Crippen MR) is 78.9 cm³/mol. The van der Waals surface area contributed by atoms with Gasteiger partial charge in [0.1, 0.15) is 5.75 Å². The molecule has 1 aliphatic rings. The molecule has 6 heteroatoms. The molecule has 0 atom stereocenters. The molecule has 0 saturated heterocycles. The standard InChI is InChI=1S/C15H10Cl2O4/c16-10-4-11(17)6-12(5-10)19-7-13(18)9-1-2-14-15(3-9)21-8-20-14/h1-6H,7-8H2. The molecule has 1 aliphatic heterocycles. The maximum Gasteiger partial charge on any atom is 0.231 e. The van der Waals surface area contributed by atoms with Crippen molar-refractivity contribution >= 4 is 29.0 Å². The first kappa shape index (κ1) is 14.0. The van der Waals surface area contributed by atoms with Crippen LogP contribution in [0.3, 0.4) is 0 Å². The molecule has 0 amide bonds. The molecule has 108 valence electrons. The summed E-state index contributed by atoms with van der Waals surface area (Å²) in [6.07, 6.45) is 0. The number of hydrogen-bond acceptors (Lipinski definition) is 4. The Labute approximate surface area is 131 Å². The Morgan fingerprint density at radius 2 is 1.76 bits per heavy atom. The summed E-state index contributed by atoms with van der Waals surface area (Å²) in [5, 5.41) is 0.904. The van der Waals surface area contributed by atoms with Gasteiger partial charge in [0.25, 0.3) is 0 Å². The maximum absolute atomic E-state index is 12.1. The number of rotatable bonds is 4. The Hall–Kier alpha value is -1.91. The molecule has 0 bridgehead atoms. The molecule has 0 aromatic heterocycles. The van der Waals surface area contributed by atoms with E-state index in [0.717, 1.165) is 0 Å². The molecule has 21 heavy (non-hydrogen) atoms. The monoisotopic (exact) mass is 324 g/mol. The number of fused-ring (bicyclic) bond motifs is 1. The molecule has 3 rings (SSSR count). The van der Waals surface area contributed by atoms with Crippen molar-refractivity contribution < 1.29 is 19.0 Å². The second-order valence-corrected chi connectivity index (χ2v) is 5.26. The number of ether oxygens (including phenoxy) is 3. The van der Waals surface area contributed by atoms with Crippen LogP contribution in [0, 0.1) is 0 Å². The average Bonchev–Trinajstić information content (AvgIpc) is 2.91. The van der Waals surface area contributed by atoms with Crippen LogP contribution < -0.4 is 14.2 Å². The van der Waals surface area contributed by atoms with E-state index in [1.54, 1.807) is 36.4 Å². The highest BCUT2D eigenvalue weighted by Crippen LogP contribution is 2.32. The minimum absolute atomic E-state index is 0.115. The highest BCUT2D eigenvalue weighted by Gasteiger charge is 2.16. The minimum Gasteiger partial charge on any atom is -0.485 e. The van der Waals surface area contributed by atoms with Gasteiger partial charge in [-0.15, -0.1) is 0 Å². The predicted octanol–water partition coefficient (Wildman–Crippen LogP) is 3.98. The summed E-state index contributed by atoms with van der Waals surface area (Å²) in [5.74, 6) is 1.46. The van der Waals surface area contributed by atoms with Crippen molar-refractivity contribution in [3.8, 4) is 17.2 Å². The Kier molecular flexibility index (Phi) is 3.90. The van der Waals surface area contributed by atoms with E-state index in [1.807, 2.05) is 0 Å². The van der Waals surface area contributed by atoms with Crippen LogP contribution in [0.4, 0.5) is 0 Å². The third-order valence-corrected chi connectivity index (χ3v) is 3.34. The van der Waals surface area contributed by atoms with E-state index in [2.05, 4.69) is 0 Å². The summed E-state index contributed by atoms with van der Waals surface area (Å²) in [6, 6.07) is 9.80. The van der Waals surface area contributed by atoms with Crippen molar-refractivity contribution in [1.29, 1.82) is 0 Å². The van der Waals surface area contributed by atoms with Gasteiger partial charge in [0.05, 0.1) is 0 Å². The molecule has 2 aromatic carbocycles. The molecule has 0 unspecified atom stereocenters. The van der Waals surface area contributed by atoms with Crippen molar-refractivity contribution in [2.24, 2.45) is 0 Å². The number of benzene rings is 2. The first-order chi connectivity index (χ1) is 10.1. The zero-order valence-corrected chi connectivity index (χ0v) is 12.3. The smallest absolute Gasteiger partial charge is 0.231 e. The van der Waals surface area contributed by atoms with Gasteiger partial charge < -0.3 is 14.2 Å². The molecule has 0 saturated carbocycles. The lowest BCUT2D eigenvalue weighted by Gasteiger charge is -2.07. The topological polar surface area (TPSA) is 44.8 Å². The highest BCUT2D eigenvalue weighted by molar-refractivity contribution is 6.34. The fraction of sp³-hybridized carbons (Fsp3) is 0.133. The summed E-state index contributed by atoms with van der Waals surface area (Å²) in [5.41, 5.74) is 0.493. The minimum atomic E-state index is -0.176. The number of carbonyl (C=O) groups excluding carboxylic acids is 1. The second kappa shape index (κ2) is 5.84. The summed E-state index contributed by atoms with van der Waals surface area (Å²) < 4.78 is 15.8. The van der Waals surface area contributed by atoms with Gasteiger partial charge in [0, 0.05) is 15.6 Å². The molecule has 0 aliphatic carbocycles. The van der Waals surface area contributed by atoms with E-state index in [0.29, 0.717) is 32.9 Å². The van der Waals surface area contributed by atoms with Gasteiger partial charge in [-0.3, -0.25) is 4.79 Å². The van der Waals surface area contributed by atoms with E-state index < -0.39 is 0 Å². The SMILES string of the molecule is O=C(COc1cc(Cl)cc(Cl)c1)c1ccc2c(c1)OCO2. The molecule has 0 N–H and O–H groups in total. The van der Waals surface area contributed by atoms with Gasteiger partial charge in [-0.1, -0.05) is 23.2 Å². The van der Waals surface area contributed by atoms with E-state index >= 15 is 0 Å². The van der Waals surface area contributed by atoms with Gasteiger partial charge in [-0.05, 0) is 36.4 Å². The summed E-state index contributed by atoms with van der Waals surface area (Å²) in [6.45, 7) is 0.0564. The third-order valence-electron chi connectivity index (χ3n) is 2.90. The van der Waals surface area contributed by atoms with Crippen molar-refractivity contribution in [3.63, 3.8) is 0 Å². The molecule has 2 aromatic rings. The summed E-state index contributed by atoms with van der Waals surface area (Å²) in [7, 11) is 0. The number of ketones is 1. The maximum atomic E-state index is 12.1. The molecule has 1 heterocycles. The molecule has 0 spiro atoms. The Bertz CT molecular complexity index is 680. The Morgan fingerprint density at radius 3 is 2.52 bits per heavy atom. The lowest BCUT2D eigenvalue weighted by Crippen LogP contribution is -2.11. The quantitative estimate of drug-likeness (QED) is 0.798. The van der Waals surface area contributed by atoms with Gasteiger partial charge in [0.15, 0.2) is 23.9 Å². The normalized spacial score (nSPS) is 12.3. The van der Waals surface area contributed by atoms with Crippen LogP contribution in [-0.4, -0.2) is 19.2 Å². The number of carbonyl (C=O) groups is 1. The number of hydrogen-bond donors (Lipinski definition) is 0. The average molecular weight is 325 g/mol. The van der Waals surface area contributed by atoms with Crippen molar-refractivity contribution in [3.05, 3.63) is 52.0 Å². The first-order valence-corrected chi connectivity index (χ1v) is 6.89. The van der Waals surface area contributed by atoms with Crippen LogP contribution >= 0.6 is 23.2 Å². The second-order valence-electron chi connectivity index (χ2n) is 4.39. The number of Topliss-reactive ketones (excluding diaryl/α,β-unsaturated/α-hetero) is 1. The van der Waals surface area contributed by atoms with Gasteiger partial charge in [0.2, 0.25) is 6.79 Å². The van der Waals surface area contributed by atoms with Gasteiger partial charge in [-0.2, -0.15) is 0 Å². The van der Waals surface area contributed by atoms with Crippen LogP contribution in [0.5, 0.6) is 17.2 Å². The zero-order valence-electron chi connectivity index (χ0n) is 10.8. The van der Waals surface area contributed by atoms with E-state index in [9.17, 15) is 4.79 Å². The van der Waals surface area contributed by atoms with Crippen LogP contribution in [0.25, 0.3) is 0 Å². The van der Waals surface area contributed by atoms with Crippen LogP contribution in [0.15, 0.2) is 36.4 Å². The highest BCUT2D eigenvalue weighted by atomic mass is 35.5. The Morgan fingerprint density at radius 1 is 1.05 bits per heavy atom. The van der Waals surface area contributed by atoms with Crippen LogP contribution in [0.1, 0.15) is 10.4 Å². The summed E-state index contributed by atoms with van der Waals surface area (Å²) >= 11 is 11.7. The fourth-order valence-electron chi connectivity index (χ4n) is 1.91. The van der Waals surface area contributed by atoms with E-state index in [-0.39, 0.29) is 19.2 Å². The third kappa shape index (κ3) is 3.23. The van der Waals surface area contributed by atoms with Crippen molar-refractivity contribution in [2.75, 3.05) is 13.4 Å². The lowest BCUT2D eigenvalue weighted by atomic mass is 10.1. The summed E-state index contributed by atoms with van der Waals surface area (Å²) in [4.78, 5) is 12.1. The van der Waals surface area contributed by atoms with Gasteiger partial charge in [-0.25, -0.2) is 0 Å². The fourth-order valence-corrected chi connectivity index (χ4v) is 2.42. The number of halogens is 2. The Balaban J connectivity index is 1.69. The lowest BCUT2D eigenvalue weighted by molar-refractivity contribution is 0.0921. The van der Waals surface area contributed by atoms with Gasteiger partial charge >= 0.3 is 0 Å². The van der Waals surface area contributed by atoms with E-state index in [4.69, 9.17) is 37.4 Å². The van der Waals surface area contributed by atoms with Crippen molar-refractivity contribution in [1.82, 2.24) is 0 Å².